The number of hydrogen-bond donors (Lipinski definition) is 1. The molecule has 0 atom stereocenters. The van der Waals surface area contributed by atoms with Crippen molar-refractivity contribution < 1.29 is 4.79 Å². The summed E-state index contributed by atoms with van der Waals surface area (Å²) in [6.45, 7) is 4.74. The van der Waals surface area contributed by atoms with Gasteiger partial charge in [-0.2, -0.15) is 0 Å². The molecule has 0 spiro atoms. The van der Waals surface area contributed by atoms with Crippen molar-refractivity contribution in [2.45, 2.75) is 64.7 Å². The minimum atomic E-state index is -0.230. The molecule has 0 unspecified atom stereocenters. The lowest BCUT2D eigenvalue weighted by Crippen LogP contribution is -2.50. The molecule has 1 amide bonds. The first-order chi connectivity index (χ1) is 9.18. The van der Waals surface area contributed by atoms with Gasteiger partial charge < -0.3 is 10.6 Å². The molecule has 2 rings (SSSR count). The van der Waals surface area contributed by atoms with Gasteiger partial charge in [-0.25, -0.2) is 0 Å². The molecule has 1 aliphatic heterocycles. The highest BCUT2D eigenvalue weighted by Gasteiger charge is 2.42. The largest absolute Gasteiger partial charge is 0.342 e. The van der Waals surface area contributed by atoms with Crippen molar-refractivity contribution in [1.82, 2.24) is 4.90 Å². The second kappa shape index (κ2) is 6.74. The summed E-state index contributed by atoms with van der Waals surface area (Å²) < 4.78 is 0. The summed E-state index contributed by atoms with van der Waals surface area (Å²) in [4.78, 5) is 15.1. The topological polar surface area (TPSA) is 46.3 Å². The smallest absolute Gasteiger partial charge is 0.230 e. The van der Waals surface area contributed by atoms with E-state index in [1.165, 1.54) is 32.1 Å². The Balaban J connectivity index is 2.02. The first kappa shape index (κ1) is 14.8. The third kappa shape index (κ3) is 3.50. The summed E-state index contributed by atoms with van der Waals surface area (Å²) in [6.07, 6.45) is 10.5. The van der Waals surface area contributed by atoms with Gasteiger partial charge >= 0.3 is 0 Å². The second-order valence-corrected chi connectivity index (χ2v) is 6.73. The minimum Gasteiger partial charge on any atom is -0.342 e. The van der Waals surface area contributed by atoms with Crippen molar-refractivity contribution in [1.29, 1.82) is 0 Å². The van der Waals surface area contributed by atoms with Crippen LogP contribution < -0.4 is 5.73 Å². The lowest BCUT2D eigenvalue weighted by Gasteiger charge is -2.41. The number of rotatable bonds is 2. The highest BCUT2D eigenvalue weighted by molar-refractivity contribution is 5.83. The molecule has 1 saturated heterocycles. The molecule has 2 fully saturated rings. The monoisotopic (exact) mass is 266 g/mol. The summed E-state index contributed by atoms with van der Waals surface area (Å²) in [7, 11) is 0. The van der Waals surface area contributed by atoms with Gasteiger partial charge in [0.15, 0.2) is 0 Å². The van der Waals surface area contributed by atoms with Crippen LogP contribution in [0, 0.1) is 11.3 Å². The lowest BCUT2D eigenvalue weighted by atomic mass is 9.70. The van der Waals surface area contributed by atoms with Crippen LogP contribution in [0.4, 0.5) is 0 Å². The van der Waals surface area contributed by atoms with Gasteiger partial charge in [0, 0.05) is 19.6 Å². The van der Waals surface area contributed by atoms with E-state index in [1.54, 1.807) is 0 Å². The Labute approximate surface area is 117 Å². The molecule has 110 valence electrons. The first-order valence-electron chi connectivity index (χ1n) is 8.17. The lowest BCUT2D eigenvalue weighted by molar-refractivity contribution is -0.144. The third-order valence-corrected chi connectivity index (χ3v) is 5.22. The van der Waals surface area contributed by atoms with Crippen LogP contribution in [0.5, 0.6) is 0 Å². The van der Waals surface area contributed by atoms with Crippen LogP contribution in [0.1, 0.15) is 64.7 Å². The Morgan fingerprint density at radius 2 is 1.63 bits per heavy atom. The first-order valence-corrected chi connectivity index (χ1v) is 8.17. The van der Waals surface area contributed by atoms with Gasteiger partial charge in [0.2, 0.25) is 5.91 Å². The van der Waals surface area contributed by atoms with Crippen LogP contribution in [-0.2, 0) is 4.79 Å². The number of hydrogen-bond acceptors (Lipinski definition) is 2. The fourth-order valence-corrected chi connectivity index (χ4v) is 3.61. The number of likely N-dealkylation sites (tertiary alicyclic amines) is 1. The summed E-state index contributed by atoms with van der Waals surface area (Å²) in [5.74, 6) is 1.13. The zero-order valence-electron chi connectivity index (χ0n) is 12.5. The number of nitrogens with two attached hydrogens (primary N) is 1. The van der Waals surface area contributed by atoms with Crippen LogP contribution in [-0.4, -0.2) is 30.4 Å². The van der Waals surface area contributed by atoms with Gasteiger partial charge in [-0.3, -0.25) is 4.79 Å². The molecule has 19 heavy (non-hydrogen) atoms. The molecular weight excluding hydrogens is 236 g/mol. The molecular formula is C16H30N2O. The minimum absolute atomic E-state index is 0.230. The predicted octanol–water partition coefficient (Wildman–Crippen LogP) is 2.93. The van der Waals surface area contributed by atoms with Gasteiger partial charge in [-0.05, 0) is 44.4 Å². The van der Waals surface area contributed by atoms with Crippen LogP contribution in [0.15, 0.2) is 0 Å². The summed E-state index contributed by atoms with van der Waals surface area (Å²) in [6, 6.07) is 0. The second-order valence-electron chi connectivity index (χ2n) is 6.73. The van der Waals surface area contributed by atoms with Crippen molar-refractivity contribution in [3.8, 4) is 0 Å². The van der Waals surface area contributed by atoms with Gasteiger partial charge in [-0.1, -0.05) is 26.2 Å². The van der Waals surface area contributed by atoms with E-state index >= 15 is 0 Å². The van der Waals surface area contributed by atoms with E-state index in [-0.39, 0.29) is 5.41 Å². The molecule has 2 aliphatic rings. The highest BCUT2D eigenvalue weighted by atomic mass is 16.2. The Kier molecular flexibility index (Phi) is 5.26. The fourth-order valence-electron chi connectivity index (χ4n) is 3.61. The van der Waals surface area contributed by atoms with Crippen molar-refractivity contribution in [3.05, 3.63) is 0 Å². The van der Waals surface area contributed by atoms with E-state index in [0.717, 1.165) is 44.7 Å². The average molecular weight is 266 g/mol. The third-order valence-electron chi connectivity index (χ3n) is 5.22. The molecule has 1 aliphatic carbocycles. The molecule has 2 N–H and O–H groups in total. The van der Waals surface area contributed by atoms with E-state index in [1.807, 2.05) is 0 Å². The molecule has 0 bridgehead atoms. The Morgan fingerprint density at radius 3 is 2.16 bits per heavy atom. The predicted molar refractivity (Wildman–Crippen MR) is 78.8 cm³/mol. The number of amides is 1. The van der Waals surface area contributed by atoms with Crippen molar-refractivity contribution in [2.75, 3.05) is 19.6 Å². The number of nitrogens with zero attached hydrogens (tertiary/aromatic N) is 1. The normalized spacial score (nSPS) is 33.6. The SMILES string of the molecule is CC1CCC(CN)(C(=O)N2CCCCCCC2)CC1. The van der Waals surface area contributed by atoms with E-state index < -0.39 is 0 Å². The molecule has 0 aromatic rings. The van der Waals surface area contributed by atoms with Gasteiger partial charge in [-0.15, -0.1) is 0 Å². The quantitative estimate of drug-likeness (QED) is 0.835. The maximum Gasteiger partial charge on any atom is 0.230 e. The summed E-state index contributed by atoms with van der Waals surface area (Å²) in [5.41, 5.74) is 5.78. The molecule has 0 aromatic heterocycles. The summed E-state index contributed by atoms with van der Waals surface area (Å²) in [5, 5.41) is 0. The van der Waals surface area contributed by atoms with E-state index in [9.17, 15) is 4.79 Å². The average Bonchev–Trinajstić information content (AvgIpc) is 2.39. The van der Waals surface area contributed by atoms with Crippen LogP contribution >= 0.6 is 0 Å². The van der Waals surface area contributed by atoms with Crippen molar-refractivity contribution in [2.24, 2.45) is 17.1 Å². The molecule has 0 radical (unpaired) electrons. The molecule has 0 aromatic carbocycles. The van der Waals surface area contributed by atoms with Gasteiger partial charge in [0.25, 0.3) is 0 Å². The fraction of sp³-hybridized carbons (Fsp3) is 0.938. The van der Waals surface area contributed by atoms with Gasteiger partial charge in [0.05, 0.1) is 5.41 Å². The van der Waals surface area contributed by atoms with E-state index in [2.05, 4.69) is 11.8 Å². The zero-order chi connectivity index (χ0) is 13.7. The Bertz CT molecular complexity index is 287. The molecule has 3 heteroatoms. The summed E-state index contributed by atoms with van der Waals surface area (Å²) >= 11 is 0. The van der Waals surface area contributed by atoms with Crippen LogP contribution in [0.2, 0.25) is 0 Å². The molecule has 3 nitrogen and oxygen atoms in total. The van der Waals surface area contributed by atoms with Crippen LogP contribution in [0.25, 0.3) is 0 Å². The molecule has 1 saturated carbocycles. The number of carbonyl (C=O) groups is 1. The standard InChI is InChI=1S/C16H30N2O/c1-14-7-9-16(13-17,10-8-14)15(19)18-11-5-3-2-4-6-12-18/h14H,2-13,17H2,1H3. The maximum atomic E-state index is 12.9. The van der Waals surface area contributed by atoms with E-state index in [4.69, 9.17) is 5.73 Å². The Hall–Kier alpha value is -0.570. The highest BCUT2D eigenvalue weighted by Crippen LogP contribution is 2.39. The van der Waals surface area contributed by atoms with E-state index in [0.29, 0.717) is 12.5 Å². The number of carbonyl (C=O) groups excluding carboxylic acids is 1. The Morgan fingerprint density at radius 1 is 1.11 bits per heavy atom. The van der Waals surface area contributed by atoms with Crippen molar-refractivity contribution in [3.63, 3.8) is 0 Å². The zero-order valence-corrected chi connectivity index (χ0v) is 12.5. The van der Waals surface area contributed by atoms with Gasteiger partial charge in [0.1, 0.15) is 0 Å². The van der Waals surface area contributed by atoms with Crippen LogP contribution in [0.3, 0.4) is 0 Å². The maximum absolute atomic E-state index is 12.9. The molecule has 1 heterocycles. The van der Waals surface area contributed by atoms with Crippen molar-refractivity contribution >= 4 is 5.91 Å².